The zero-order valence-electron chi connectivity index (χ0n) is 10.1. The van der Waals surface area contributed by atoms with E-state index in [1.807, 2.05) is 30.3 Å². The second-order valence-corrected chi connectivity index (χ2v) is 5.06. The lowest BCUT2D eigenvalue weighted by molar-refractivity contribution is 0.101. The molecule has 0 aliphatic rings. The van der Waals surface area contributed by atoms with Gasteiger partial charge in [0.15, 0.2) is 10.6 Å². The Morgan fingerprint density at radius 2 is 1.63 bits per heavy atom. The summed E-state index contributed by atoms with van der Waals surface area (Å²) in [6.45, 7) is 0.488. The molecule has 0 spiro atoms. The van der Waals surface area contributed by atoms with Gasteiger partial charge in [0.1, 0.15) is 12.4 Å². The zero-order valence-corrected chi connectivity index (χ0v) is 11.6. The highest BCUT2D eigenvalue weighted by Crippen LogP contribution is 2.17. The molecule has 2 aromatic carbocycles. The zero-order chi connectivity index (χ0) is 13.7. The highest BCUT2D eigenvalue weighted by atomic mass is 35.5. The topological polar surface area (TPSA) is 26.3 Å². The van der Waals surface area contributed by atoms with Gasteiger partial charge in [-0.05, 0) is 29.8 Å². The molecule has 0 N–H and O–H groups in total. The molecular formula is C15H12Cl2O2. The maximum absolute atomic E-state index is 11.5. The van der Waals surface area contributed by atoms with E-state index in [1.165, 1.54) is 0 Å². The summed E-state index contributed by atoms with van der Waals surface area (Å²) in [5.41, 5.74) is 1.56. The van der Waals surface area contributed by atoms with Crippen LogP contribution >= 0.6 is 23.2 Å². The highest BCUT2D eigenvalue weighted by molar-refractivity contribution is 6.55. The van der Waals surface area contributed by atoms with Gasteiger partial charge >= 0.3 is 0 Å². The number of ether oxygens (including phenoxy) is 1. The molecule has 0 aliphatic carbocycles. The molecule has 0 aromatic heterocycles. The van der Waals surface area contributed by atoms with E-state index in [-0.39, 0.29) is 5.78 Å². The lowest BCUT2D eigenvalue weighted by Gasteiger charge is -2.07. The number of carbonyl (C=O) groups is 1. The van der Waals surface area contributed by atoms with Gasteiger partial charge in [0.25, 0.3) is 0 Å². The van der Waals surface area contributed by atoms with Crippen molar-refractivity contribution in [2.45, 2.75) is 11.4 Å². The largest absolute Gasteiger partial charge is 0.489 e. The van der Waals surface area contributed by atoms with Gasteiger partial charge < -0.3 is 4.74 Å². The normalized spacial score (nSPS) is 10.5. The lowest BCUT2D eigenvalue weighted by Crippen LogP contribution is -2.07. The van der Waals surface area contributed by atoms with Gasteiger partial charge in [0, 0.05) is 5.56 Å². The third-order valence-electron chi connectivity index (χ3n) is 2.59. The van der Waals surface area contributed by atoms with Gasteiger partial charge in [-0.15, -0.1) is 0 Å². The standard InChI is InChI=1S/C15H12Cl2O2/c16-15(17)14(18)12-6-8-13(9-7-12)19-10-11-4-2-1-3-5-11/h1-9,15H,10H2. The number of carbonyl (C=O) groups excluding carboxylic acids is 1. The number of hydrogen-bond donors (Lipinski definition) is 0. The number of hydrogen-bond acceptors (Lipinski definition) is 2. The minimum absolute atomic E-state index is 0.307. The molecule has 0 atom stereocenters. The summed E-state index contributed by atoms with van der Waals surface area (Å²) >= 11 is 11.1. The van der Waals surface area contributed by atoms with Gasteiger partial charge in [-0.3, -0.25) is 4.79 Å². The summed E-state index contributed by atoms with van der Waals surface area (Å²) in [5.74, 6) is 0.388. The van der Waals surface area contributed by atoms with Crippen LogP contribution < -0.4 is 4.74 Å². The average Bonchev–Trinajstić information content (AvgIpc) is 2.46. The third kappa shape index (κ3) is 3.98. The van der Waals surface area contributed by atoms with E-state index in [0.29, 0.717) is 17.9 Å². The molecule has 0 heterocycles. The monoisotopic (exact) mass is 294 g/mol. The van der Waals surface area contributed by atoms with Crippen LogP contribution in [0.25, 0.3) is 0 Å². The maximum atomic E-state index is 11.5. The van der Waals surface area contributed by atoms with Gasteiger partial charge in [-0.1, -0.05) is 53.5 Å². The summed E-state index contributed by atoms with van der Waals surface area (Å²) in [6, 6.07) is 16.6. The quantitative estimate of drug-likeness (QED) is 0.609. The van der Waals surface area contributed by atoms with E-state index >= 15 is 0 Å². The van der Waals surface area contributed by atoms with Crippen LogP contribution in [0.15, 0.2) is 54.6 Å². The summed E-state index contributed by atoms with van der Waals surface area (Å²) in [7, 11) is 0. The lowest BCUT2D eigenvalue weighted by atomic mass is 10.1. The Morgan fingerprint density at radius 3 is 2.21 bits per heavy atom. The van der Waals surface area contributed by atoms with Crippen LogP contribution in [0.4, 0.5) is 0 Å². The molecule has 0 unspecified atom stereocenters. The van der Waals surface area contributed by atoms with Crippen molar-refractivity contribution in [1.82, 2.24) is 0 Å². The summed E-state index contributed by atoms with van der Waals surface area (Å²) in [6.07, 6.45) is 0. The summed E-state index contributed by atoms with van der Waals surface area (Å²) in [4.78, 5) is 10.5. The van der Waals surface area contributed by atoms with Crippen LogP contribution in [-0.4, -0.2) is 10.6 Å². The van der Waals surface area contributed by atoms with E-state index in [1.54, 1.807) is 24.3 Å². The average molecular weight is 295 g/mol. The number of alkyl halides is 2. The second-order valence-electron chi connectivity index (χ2n) is 3.96. The van der Waals surface area contributed by atoms with E-state index < -0.39 is 4.84 Å². The van der Waals surface area contributed by atoms with Crippen LogP contribution in [0.2, 0.25) is 0 Å². The molecule has 0 fully saturated rings. The number of benzene rings is 2. The first-order valence-electron chi connectivity index (χ1n) is 5.76. The maximum Gasteiger partial charge on any atom is 0.195 e. The predicted molar refractivity (Wildman–Crippen MR) is 77.0 cm³/mol. The Hall–Kier alpha value is -1.51. The Bertz CT molecular complexity index is 536. The molecule has 19 heavy (non-hydrogen) atoms. The first-order valence-corrected chi connectivity index (χ1v) is 6.63. The molecule has 0 bridgehead atoms. The van der Waals surface area contributed by atoms with Crippen molar-refractivity contribution in [2.75, 3.05) is 0 Å². The molecule has 4 heteroatoms. The minimum atomic E-state index is -1.03. The van der Waals surface area contributed by atoms with E-state index in [2.05, 4.69) is 0 Å². The predicted octanol–water partition coefficient (Wildman–Crippen LogP) is 4.25. The van der Waals surface area contributed by atoms with E-state index in [0.717, 1.165) is 5.56 Å². The second kappa shape index (κ2) is 6.60. The fourth-order valence-corrected chi connectivity index (χ4v) is 1.83. The molecule has 0 radical (unpaired) electrons. The van der Waals surface area contributed by atoms with Crippen molar-refractivity contribution in [3.63, 3.8) is 0 Å². The molecule has 2 rings (SSSR count). The van der Waals surface area contributed by atoms with Crippen LogP contribution in [0.3, 0.4) is 0 Å². The SMILES string of the molecule is O=C(c1ccc(OCc2ccccc2)cc1)C(Cl)Cl. The molecule has 0 aliphatic heterocycles. The van der Waals surface area contributed by atoms with Crippen molar-refractivity contribution in [3.05, 3.63) is 65.7 Å². The van der Waals surface area contributed by atoms with Gasteiger partial charge in [0.2, 0.25) is 0 Å². The molecule has 0 amide bonds. The molecule has 0 saturated heterocycles. The van der Waals surface area contributed by atoms with Gasteiger partial charge in [-0.25, -0.2) is 0 Å². The van der Waals surface area contributed by atoms with Crippen molar-refractivity contribution in [1.29, 1.82) is 0 Å². The first kappa shape index (κ1) is 13.9. The molecule has 98 valence electrons. The Balaban J connectivity index is 1.98. The molecular weight excluding hydrogens is 283 g/mol. The number of Topliss-reactive ketones (excluding diaryl/α,β-unsaturated/α-hetero) is 1. The number of halogens is 2. The third-order valence-corrected chi connectivity index (χ3v) is 2.98. The molecule has 2 nitrogen and oxygen atoms in total. The van der Waals surface area contributed by atoms with Crippen molar-refractivity contribution in [3.8, 4) is 5.75 Å². The van der Waals surface area contributed by atoms with Crippen LogP contribution in [0.1, 0.15) is 15.9 Å². The Labute approximate surface area is 121 Å². The van der Waals surface area contributed by atoms with Crippen molar-refractivity contribution < 1.29 is 9.53 Å². The number of rotatable bonds is 5. The van der Waals surface area contributed by atoms with Crippen LogP contribution in [0, 0.1) is 0 Å². The molecule has 0 saturated carbocycles. The Morgan fingerprint density at radius 1 is 1.00 bits per heavy atom. The van der Waals surface area contributed by atoms with Gasteiger partial charge in [0.05, 0.1) is 0 Å². The smallest absolute Gasteiger partial charge is 0.195 e. The first-order chi connectivity index (χ1) is 9.16. The van der Waals surface area contributed by atoms with E-state index in [4.69, 9.17) is 27.9 Å². The van der Waals surface area contributed by atoms with Gasteiger partial charge in [-0.2, -0.15) is 0 Å². The van der Waals surface area contributed by atoms with Crippen molar-refractivity contribution in [2.24, 2.45) is 0 Å². The fraction of sp³-hybridized carbons (Fsp3) is 0.133. The number of ketones is 1. The van der Waals surface area contributed by atoms with E-state index in [9.17, 15) is 4.79 Å². The van der Waals surface area contributed by atoms with Crippen LogP contribution in [-0.2, 0) is 6.61 Å². The highest BCUT2D eigenvalue weighted by Gasteiger charge is 2.13. The summed E-state index contributed by atoms with van der Waals surface area (Å²) < 4.78 is 5.61. The minimum Gasteiger partial charge on any atom is -0.489 e. The fourth-order valence-electron chi connectivity index (χ4n) is 1.58. The van der Waals surface area contributed by atoms with Crippen LogP contribution in [0.5, 0.6) is 5.75 Å². The molecule has 2 aromatic rings. The Kier molecular flexibility index (Phi) is 4.83. The van der Waals surface area contributed by atoms with Crippen molar-refractivity contribution >= 4 is 29.0 Å². The summed E-state index contributed by atoms with van der Waals surface area (Å²) in [5, 5.41) is 0.